The molecule has 13 heavy (non-hydrogen) atoms. The lowest BCUT2D eigenvalue weighted by molar-refractivity contribution is 0.112. The summed E-state index contributed by atoms with van der Waals surface area (Å²) in [6, 6.07) is 1.82. The minimum atomic E-state index is 0.723. The van der Waals surface area contributed by atoms with Gasteiger partial charge in [0.05, 0.1) is 20.3 Å². The molecular weight excluding hydrogens is 299 g/mol. The third-order valence-electron chi connectivity index (χ3n) is 1.54. The molecule has 2 heterocycles. The quantitative estimate of drug-likeness (QED) is 0.630. The second-order valence-corrected chi connectivity index (χ2v) is 4.62. The lowest BCUT2D eigenvalue weighted by Crippen LogP contribution is -1.90. The van der Waals surface area contributed by atoms with Crippen LogP contribution in [0.5, 0.6) is 0 Å². The standard InChI is InChI=1S/C8H5IN2OS/c9-6-2-10-11(3-6)7-1-8(4-12)13-5-7/h1-5H. The zero-order chi connectivity index (χ0) is 9.26. The monoisotopic (exact) mass is 304 g/mol. The van der Waals surface area contributed by atoms with Crippen LogP contribution in [-0.4, -0.2) is 16.1 Å². The molecular formula is C8H5IN2OS. The summed E-state index contributed by atoms with van der Waals surface area (Å²) in [5.74, 6) is 0. The highest BCUT2D eigenvalue weighted by Crippen LogP contribution is 2.16. The van der Waals surface area contributed by atoms with Crippen molar-refractivity contribution in [3.63, 3.8) is 0 Å². The molecule has 0 amide bonds. The van der Waals surface area contributed by atoms with Crippen LogP contribution in [0.4, 0.5) is 0 Å². The van der Waals surface area contributed by atoms with E-state index in [1.54, 1.807) is 10.9 Å². The molecule has 0 aliphatic carbocycles. The van der Waals surface area contributed by atoms with Crippen LogP contribution in [0.2, 0.25) is 0 Å². The first kappa shape index (κ1) is 8.89. The number of aldehydes is 1. The fraction of sp³-hybridized carbons (Fsp3) is 0. The van der Waals surface area contributed by atoms with Crippen LogP contribution in [0, 0.1) is 3.57 Å². The highest BCUT2D eigenvalue weighted by atomic mass is 127. The zero-order valence-corrected chi connectivity index (χ0v) is 9.45. The Bertz CT molecular complexity index is 435. The van der Waals surface area contributed by atoms with Gasteiger partial charge in [0.2, 0.25) is 0 Å². The van der Waals surface area contributed by atoms with Gasteiger partial charge in [-0.2, -0.15) is 5.10 Å². The Morgan fingerprint density at radius 2 is 2.46 bits per heavy atom. The predicted octanol–water partition coefficient (Wildman–Crippen LogP) is 2.35. The first-order valence-electron chi connectivity index (χ1n) is 3.54. The van der Waals surface area contributed by atoms with Crippen LogP contribution in [-0.2, 0) is 0 Å². The molecule has 0 saturated heterocycles. The molecule has 3 nitrogen and oxygen atoms in total. The van der Waals surface area contributed by atoms with E-state index in [-0.39, 0.29) is 0 Å². The molecule has 2 aromatic heterocycles. The number of aromatic nitrogens is 2. The fourth-order valence-electron chi connectivity index (χ4n) is 0.966. The predicted molar refractivity (Wildman–Crippen MR) is 59.5 cm³/mol. The summed E-state index contributed by atoms with van der Waals surface area (Å²) in [4.78, 5) is 11.2. The van der Waals surface area contributed by atoms with Crippen LogP contribution in [0.1, 0.15) is 9.67 Å². The molecule has 0 bridgehead atoms. The Balaban J connectivity index is 2.40. The molecule has 0 aliphatic rings. The Kier molecular flexibility index (Phi) is 2.45. The van der Waals surface area contributed by atoms with Gasteiger partial charge in [-0.1, -0.05) is 0 Å². The molecule has 66 valence electrons. The molecule has 0 N–H and O–H groups in total. The van der Waals surface area contributed by atoms with Crippen LogP contribution in [0.25, 0.3) is 5.69 Å². The third-order valence-corrected chi connectivity index (χ3v) is 2.94. The van der Waals surface area contributed by atoms with Crippen LogP contribution < -0.4 is 0 Å². The molecule has 0 aromatic carbocycles. The van der Waals surface area contributed by atoms with Crippen molar-refractivity contribution in [2.75, 3.05) is 0 Å². The number of carbonyl (C=O) groups excluding carboxylic acids is 1. The summed E-state index contributed by atoms with van der Waals surface area (Å²) in [6.45, 7) is 0. The maximum atomic E-state index is 10.4. The van der Waals surface area contributed by atoms with Crippen LogP contribution in [0.15, 0.2) is 23.8 Å². The maximum Gasteiger partial charge on any atom is 0.160 e. The number of hydrogen-bond donors (Lipinski definition) is 0. The van der Waals surface area contributed by atoms with Gasteiger partial charge in [-0.05, 0) is 28.7 Å². The Morgan fingerprint density at radius 3 is 3.00 bits per heavy atom. The Morgan fingerprint density at radius 1 is 1.62 bits per heavy atom. The maximum absolute atomic E-state index is 10.4. The van der Waals surface area contributed by atoms with Gasteiger partial charge < -0.3 is 0 Å². The van der Waals surface area contributed by atoms with Crippen molar-refractivity contribution in [1.29, 1.82) is 0 Å². The number of nitrogens with zero attached hydrogens (tertiary/aromatic N) is 2. The van der Waals surface area contributed by atoms with Gasteiger partial charge in [0.15, 0.2) is 6.29 Å². The van der Waals surface area contributed by atoms with E-state index in [2.05, 4.69) is 27.7 Å². The molecule has 0 saturated carbocycles. The molecule has 0 atom stereocenters. The second kappa shape index (κ2) is 3.59. The van der Waals surface area contributed by atoms with Gasteiger partial charge in [0.1, 0.15) is 0 Å². The molecule has 0 radical (unpaired) electrons. The molecule has 5 heteroatoms. The molecule has 0 spiro atoms. The first-order valence-corrected chi connectivity index (χ1v) is 5.49. The summed E-state index contributed by atoms with van der Waals surface area (Å²) < 4.78 is 2.84. The number of rotatable bonds is 2. The molecule has 0 fully saturated rings. The van der Waals surface area contributed by atoms with Gasteiger partial charge in [0, 0.05) is 11.6 Å². The molecule has 2 rings (SSSR count). The Labute approximate surface area is 92.5 Å². The minimum Gasteiger partial charge on any atom is -0.297 e. The molecule has 0 aliphatic heterocycles. The Hall–Kier alpha value is -0.690. The van der Waals surface area contributed by atoms with E-state index in [0.29, 0.717) is 0 Å². The van der Waals surface area contributed by atoms with E-state index in [1.807, 2.05) is 17.6 Å². The number of carbonyl (C=O) groups is 1. The van der Waals surface area contributed by atoms with Gasteiger partial charge >= 0.3 is 0 Å². The summed E-state index contributed by atoms with van der Waals surface area (Å²) >= 11 is 3.62. The number of hydrogen-bond acceptors (Lipinski definition) is 3. The van der Waals surface area contributed by atoms with Crippen molar-refractivity contribution < 1.29 is 4.79 Å². The van der Waals surface area contributed by atoms with Crippen molar-refractivity contribution in [3.8, 4) is 5.69 Å². The number of halogens is 1. The summed E-state index contributed by atoms with van der Waals surface area (Å²) in [5, 5.41) is 6.04. The molecule has 0 unspecified atom stereocenters. The van der Waals surface area contributed by atoms with Crippen molar-refractivity contribution in [1.82, 2.24) is 9.78 Å². The van der Waals surface area contributed by atoms with E-state index in [4.69, 9.17) is 0 Å². The minimum absolute atomic E-state index is 0.723. The smallest absolute Gasteiger partial charge is 0.160 e. The van der Waals surface area contributed by atoms with Gasteiger partial charge in [-0.3, -0.25) is 4.79 Å². The third kappa shape index (κ3) is 1.80. The van der Waals surface area contributed by atoms with E-state index in [1.165, 1.54) is 11.3 Å². The topological polar surface area (TPSA) is 34.9 Å². The van der Waals surface area contributed by atoms with Crippen molar-refractivity contribution >= 4 is 40.2 Å². The average Bonchev–Trinajstić information content (AvgIpc) is 2.71. The van der Waals surface area contributed by atoms with Gasteiger partial charge in [-0.25, -0.2) is 4.68 Å². The van der Waals surface area contributed by atoms with Crippen LogP contribution >= 0.6 is 33.9 Å². The van der Waals surface area contributed by atoms with Crippen LogP contribution in [0.3, 0.4) is 0 Å². The van der Waals surface area contributed by atoms with E-state index in [0.717, 1.165) is 20.4 Å². The zero-order valence-electron chi connectivity index (χ0n) is 6.48. The second-order valence-electron chi connectivity index (χ2n) is 2.43. The van der Waals surface area contributed by atoms with E-state index >= 15 is 0 Å². The number of thiophene rings is 1. The summed E-state index contributed by atoms with van der Waals surface area (Å²) in [6.07, 6.45) is 4.54. The van der Waals surface area contributed by atoms with Crippen molar-refractivity contribution in [3.05, 3.63) is 32.3 Å². The lowest BCUT2D eigenvalue weighted by Gasteiger charge is -1.92. The lowest BCUT2D eigenvalue weighted by atomic mass is 10.4. The van der Waals surface area contributed by atoms with Gasteiger partial charge in [0.25, 0.3) is 0 Å². The SMILES string of the molecule is O=Cc1cc(-n2cc(I)cn2)cs1. The van der Waals surface area contributed by atoms with E-state index in [9.17, 15) is 4.79 Å². The largest absolute Gasteiger partial charge is 0.297 e. The summed E-state index contributed by atoms with van der Waals surface area (Å²) in [7, 11) is 0. The van der Waals surface area contributed by atoms with Crippen molar-refractivity contribution in [2.45, 2.75) is 0 Å². The molecule has 2 aromatic rings. The first-order chi connectivity index (χ1) is 6.29. The van der Waals surface area contributed by atoms with Gasteiger partial charge in [-0.15, -0.1) is 11.3 Å². The normalized spacial score (nSPS) is 10.2. The fourth-order valence-corrected chi connectivity index (χ4v) is 2.03. The van der Waals surface area contributed by atoms with Crippen molar-refractivity contribution in [2.24, 2.45) is 0 Å². The highest BCUT2D eigenvalue weighted by Gasteiger charge is 2.01. The highest BCUT2D eigenvalue weighted by molar-refractivity contribution is 14.1. The average molecular weight is 304 g/mol. The van der Waals surface area contributed by atoms with E-state index < -0.39 is 0 Å². The summed E-state index contributed by atoms with van der Waals surface area (Å²) in [5.41, 5.74) is 0.940.